The van der Waals surface area contributed by atoms with Crippen LogP contribution in [-0.4, -0.2) is 21.5 Å². The van der Waals surface area contributed by atoms with E-state index in [0.29, 0.717) is 11.8 Å². The fraction of sp³-hybridized carbons (Fsp3) is 0.727. The van der Waals surface area contributed by atoms with Crippen LogP contribution in [-0.2, 0) is 13.5 Å². The third kappa shape index (κ3) is 2.82. The summed E-state index contributed by atoms with van der Waals surface area (Å²) in [5.41, 5.74) is 2.17. The molecule has 1 rings (SSSR count). The molecule has 0 aliphatic heterocycles. The molecular formula is C11H19BrN2O. The Hall–Kier alpha value is -0.350. The summed E-state index contributed by atoms with van der Waals surface area (Å²) < 4.78 is 2.97. The molecule has 0 bridgehead atoms. The van der Waals surface area contributed by atoms with Crippen LogP contribution >= 0.6 is 15.9 Å². The zero-order valence-electron chi connectivity index (χ0n) is 9.79. The summed E-state index contributed by atoms with van der Waals surface area (Å²) in [6.07, 6.45) is 0.867. The molecule has 1 heterocycles. The predicted octanol–water partition coefficient (Wildman–Crippen LogP) is 2.30. The molecule has 1 N–H and O–H groups in total. The Balaban J connectivity index is 2.88. The Kier molecular flexibility index (Phi) is 4.34. The van der Waals surface area contributed by atoms with E-state index in [0.717, 1.165) is 16.6 Å². The van der Waals surface area contributed by atoms with E-state index in [1.807, 2.05) is 18.7 Å². The molecule has 4 heteroatoms. The lowest BCUT2D eigenvalue weighted by Gasteiger charge is -2.18. The SMILES string of the molecule is Cc1nn(C)c(CC(CO)C(C)C)c1Br. The van der Waals surface area contributed by atoms with Gasteiger partial charge in [0.05, 0.1) is 15.9 Å². The molecule has 0 aliphatic carbocycles. The van der Waals surface area contributed by atoms with Crippen molar-refractivity contribution in [2.45, 2.75) is 27.2 Å². The first-order valence-electron chi connectivity index (χ1n) is 5.26. The average molecular weight is 275 g/mol. The average Bonchev–Trinajstić information content (AvgIpc) is 2.39. The first-order valence-corrected chi connectivity index (χ1v) is 6.05. The largest absolute Gasteiger partial charge is 0.396 e. The van der Waals surface area contributed by atoms with Gasteiger partial charge in [-0.15, -0.1) is 0 Å². The maximum Gasteiger partial charge on any atom is 0.0738 e. The summed E-state index contributed by atoms with van der Waals surface area (Å²) in [7, 11) is 1.95. The number of hydrogen-bond acceptors (Lipinski definition) is 2. The molecule has 0 saturated carbocycles. The second-order valence-electron chi connectivity index (χ2n) is 4.36. The zero-order chi connectivity index (χ0) is 11.6. The maximum atomic E-state index is 9.30. The summed E-state index contributed by atoms with van der Waals surface area (Å²) in [6.45, 7) is 6.49. The van der Waals surface area contributed by atoms with Gasteiger partial charge in [0.2, 0.25) is 0 Å². The predicted molar refractivity (Wildman–Crippen MR) is 64.8 cm³/mol. The van der Waals surface area contributed by atoms with Crippen LogP contribution in [0.5, 0.6) is 0 Å². The van der Waals surface area contributed by atoms with Crippen molar-refractivity contribution >= 4 is 15.9 Å². The quantitative estimate of drug-likeness (QED) is 0.915. The van der Waals surface area contributed by atoms with Crippen LogP contribution in [0.1, 0.15) is 25.2 Å². The summed E-state index contributed by atoms with van der Waals surface area (Å²) in [4.78, 5) is 0. The lowest BCUT2D eigenvalue weighted by molar-refractivity contribution is 0.187. The molecule has 0 saturated heterocycles. The van der Waals surface area contributed by atoms with Crippen molar-refractivity contribution in [3.05, 3.63) is 15.9 Å². The lowest BCUT2D eigenvalue weighted by Crippen LogP contribution is -2.18. The maximum absolute atomic E-state index is 9.30. The van der Waals surface area contributed by atoms with E-state index in [4.69, 9.17) is 0 Å². The van der Waals surface area contributed by atoms with Crippen molar-refractivity contribution in [3.63, 3.8) is 0 Å². The number of nitrogens with zero attached hydrogens (tertiary/aromatic N) is 2. The van der Waals surface area contributed by atoms with Crippen LogP contribution in [0.15, 0.2) is 4.47 Å². The van der Waals surface area contributed by atoms with Crippen molar-refractivity contribution in [1.82, 2.24) is 9.78 Å². The van der Waals surface area contributed by atoms with Gasteiger partial charge in [-0.1, -0.05) is 13.8 Å². The molecule has 86 valence electrons. The van der Waals surface area contributed by atoms with Gasteiger partial charge in [0, 0.05) is 13.7 Å². The third-order valence-electron chi connectivity index (χ3n) is 2.89. The lowest BCUT2D eigenvalue weighted by atomic mass is 9.92. The van der Waals surface area contributed by atoms with E-state index in [9.17, 15) is 5.11 Å². The minimum absolute atomic E-state index is 0.230. The number of aryl methyl sites for hydroxylation is 2. The fourth-order valence-electron chi connectivity index (χ4n) is 1.66. The van der Waals surface area contributed by atoms with E-state index in [-0.39, 0.29) is 6.61 Å². The minimum Gasteiger partial charge on any atom is -0.396 e. The topological polar surface area (TPSA) is 38.0 Å². The van der Waals surface area contributed by atoms with Crippen molar-refractivity contribution in [2.24, 2.45) is 18.9 Å². The molecule has 0 spiro atoms. The van der Waals surface area contributed by atoms with E-state index in [1.165, 1.54) is 5.69 Å². The molecule has 15 heavy (non-hydrogen) atoms. The highest BCUT2D eigenvalue weighted by Gasteiger charge is 2.18. The van der Waals surface area contributed by atoms with Gasteiger partial charge < -0.3 is 5.11 Å². The molecule has 0 aromatic carbocycles. The van der Waals surface area contributed by atoms with Gasteiger partial charge in [-0.05, 0) is 41.1 Å². The first-order chi connectivity index (χ1) is 6.97. The van der Waals surface area contributed by atoms with E-state index in [1.54, 1.807) is 0 Å². The molecule has 1 aromatic heterocycles. The van der Waals surface area contributed by atoms with E-state index < -0.39 is 0 Å². The summed E-state index contributed by atoms with van der Waals surface area (Å²) in [5, 5.41) is 13.6. The van der Waals surface area contributed by atoms with Gasteiger partial charge in [0.15, 0.2) is 0 Å². The van der Waals surface area contributed by atoms with Gasteiger partial charge >= 0.3 is 0 Å². The van der Waals surface area contributed by atoms with Crippen LogP contribution in [0, 0.1) is 18.8 Å². The van der Waals surface area contributed by atoms with Crippen LogP contribution in [0.4, 0.5) is 0 Å². The Labute approximate surface area is 99.6 Å². The number of aliphatic hydroxyl groups excluding tert-OH is 1. The minimum atomic E-state index is 0.230. The van der Waals surface area contributed by atoms with Crippen LogP contribution in [0.2, 0.25) is 0 Å². The number of hydrogen-bond donors (Lipinski definition) is 1. The second kappa shape index (κ2) is 5.12. The molecule has 0 fully saturated rings. The smallest absolute Gasteiger partial charge is 0.0738 e. The Bertz CT molecular complexity index is 334. The van der Waals surface area contributed by atoms with Gasteiger partial charge in [-0.3, -0.25) is 4.68 Å². The van der Waals surface area contributed by atoms with Gasteiger partial charge in [0.25, 0.3) is 0 Å². The summed E-state index contributed by atoms with van der Waals surface area (Å²) in [6, 6.07) is 0. The number of aliphatic hydroxyl groups is 1. The molecule has 0 amide bonds. The Morgan fingerprint density at radius 1 is 1.47 bits per heavy atom. The van der Waals surface area contributed by atoms with E-state index >= 15 is 0 Å². The first kappa shape index (κ1) is 12.7. The molecule has 1 aromatic rings. The fourth-order valence-corrected chi connectivity index (χ4v) is 2.16. The number of rotatable bonds is 4. The molecule has 1 atom stereocenters. The molecule has 1 unspecified atom stereocenters. The number of halogens is 1. The normalized spacial score (nSPS) is 13.5. The molecule has 0 aliphatic rings. The summed E-state index contributed by atoms with van der Waals surface area (Å²) >= 11 is 3.54. The van der Waals surface area contributed by atoms with Crippen LogP contribution in [0.25, 0.3) is 0 Å². The number of aromatic nitrogens is 2. The van der Waals surface area contributed by atoms with Crippen LogP contribution in [0.3, 0.4) is 0 Å². The van der Waals surface area contributed by atoms with Crippen LogP contribution < -0.4 is 0 Å². The monoisotopic (exact) mass is 274 g/mol. The summed E-state index contributed by atoms with van der Waals surface area (Å²) in [5.74, 6) is 0.785. The van der Waals surface area contributed by atoms with Crippen molar-refractivity contribution < 1.29 is 5.11 Å². The van der Waals surface area contributed by atoms with Crippen molar-refractivity contribution in [1.29, 1.82) is 0 Å². The Morgan fingerprint density at radius 2 is 2.07 bits per heavy atom. The van der Waals surface area contributed by atoms with E-state index in [2.05, 4.69) is 34.9 Å². The van der Waals surface area contributed by atoms with Crippen molar-refractivity contribution in [2.75, 3.05) is 6.61 Å². The highest BCUT2D eigenvalue weighted by atomic mass is 79.9. The third-order valence-corrected chi connectivity index (χ3v) is 3.93. The highest BCUT2D eigenvalue weighted by Crippen LogP contribution is 2.25. The molecular weight excluding hydrogens is 256 g/mol. The molecule has 0 radical (unpaired) electrons. The standard InChI is InChI=1S/C11H19BrN2O/c1-7(2)9(6-15)5-10-11(12)8(3)13-14(10)4/h7,9,15H,5-6H2,1-4H3. The second-order valence-corrected chi connectivity index (χ2v) is 5.15. The Morgan fingerprint density at radius 3 is 2.40 bits per heavy atom. The van der Waals surface area contributed by atoms with Gasteiger partial charge in [-0.2, -0.15) is 5.10 Å². The highest BCUT2D eigenvalue weighted by molar-refractivity contribution is 9.10. The molecule has 3 nitrogen and oxygen atoms in total. The zero-order valence-corrected chi connectivity index (χ0v) is 11.4. The van der Waals surface area contributed by atoms with Gasteiger partial charge in [-0.25, -0.2) is 0 Å². The van der Waals surface area contributed by atoms with Crippen molar-refractivity contribution in [3.8, 4) is 0 Å². The van der Waals surface area contributed by atoms with Gasteiger partial charge in [0.1, 0.15) is 0 Å².